The van der Waals surface area contributed by atoms with Gasteiger partial charge >= 0.3 is 0 Å². The molecule has 0 saturated heterocycles. The summed E-state index contributed by atoms with van der Waals surface area (Å²) in [5.41, 5.74) is 7.13. The molecule has 1 rings (SSSR count). The molecule has 0 unspecified atom stereocenters. The first-order chi connectivity index (χ1) is 5.15. The van der Waals surface area contributed by atoms with E-state index in [9.17, 15) is 0 Å². The number of hydrogen-bond acceptors (Lipinski definition) is 3. The summed E-state index contributed by atoms with van der Waals surface area (Å²) < 4.78 is 5.68. The number of rotatable bonds is 1. The lowest BCUT2D eigenvalue weighted by molar-refractivity contribution is 0.394. The second-order valence-electron chi connectivity index (χ2n) is 2.18. The summed E-state index contributed by atoms with van der Waals surface area (Å²) in [7, 11) is 1.56. The van der Waals surface area contributed by atoms with Crippen LogP contribution in [0.4, 0.5) is 5.69 Å². The van der Waals surface area contributed by atoms with E-state index in [4.69, 9.17) is 10.5 Å². The highest BCUT2D eigenvalue weighted by Crippen LogP contribution is 2.28. The number of halogens is 1. The maximum Gasteiger partial charge on any atom is 0.230 e. The zero-order chi connectivity index (χ0) is 8.43. The van der Waals surface area contributed by atoms with Crippen molar-refractivity contribution in [1.29, 1.82) is 0 Å². The van der Waals surface area contributed by atoms with Crippen LogP contribution in [-0.4, -0.2) is 12.1 Å². The predicted molar refractivity (Wildman–Crippen MR) is 47.6 cm³/mol. The fourth-order valence-corrected chi connectivity index (χ4v) is 1.15. The number of aromatic nitrogens is 1. The van der Waals surface area contributed by atoms with Gasteiger partial charge in [0.25, 0.3) is 0 Å². The third kappa shape index (κ3) is 1.63. The Morgan fingerprint density at radius 1 is 1.64 bits per heavy atom. The molecule has 1 aromatic rings. The van der Waals surface area contributed by atoms with E-state index in [0.29, 0.717) is 16.0 Å². The van der Waals surface area contributed by atoms with E-state index in [1.54, 1.807) is 13.2 Å². The SMILES string of the molecule is COc1nc(C)cc(N)c1Br. The third-order valence-corrected chi connectivity index (χ3v) is 2.07. The minimum Gasteiger partial charge on any atom is -0.480 e. The number of nitrogens with zero attached hydrogens (tertiary/aromatic N) is 1. The molecule has 0 atom stereocenters. The Balaban J connectivity index is 3.24. The standard InChI is InChI=1S/C7H9BrN2O/c1-4-3-5(9)6(8)7(10-4)11-2/h3H,1-2H3,(H2,9,10). The van der Waals surface area contributed by atoms with E-state index < -0.39 is 0 Å². The molecule has 0 aliphatic heterocycles. The highest BCUT2D eigenvalue weighted by Gasteiger charge is 2.05. The van der Waals surface area contributed by atoms with Gasteiger partial charge in [-0.2, -0.15) is 0 Å². The molecule has 2 N–H and O–H groups in total. The number of nitrogen functional groups attached to an aromatic ring is 1. The first kappa shape index (κ1) is 8.33. The molecule has 0 fully saturated rings. The van der Waals surface area contributed by atoms with Gasteiger partial charge in [0.2, 0.25) is 5.88 Å². The Kier molecular flexibility index (Phi) is 2.34. The van der Waals surface area contributed by atoms with Crippen molar-refractivity contribution < 1.29 is 4.74 Å². The predicted octanol–water partition coefficient (Wildman–Crippen LogP) is 1.74. The molecule has 11 heavy (non-hydrogen) atoms. The van der Waals surface area contributed by atoms with E-state index in [-0.39, 0.29) is 0 Å². The fourth-order valence-electron chi connectivity index (χ4n) is 0.789. The zero-order valence-corrected chi connectivity index (χ0v) is 7.97. The van der Waals surface area contributed by atoms with Crippen molar-refractivity contribution in [3.05, 3.63) is 16.2 Å². The number of ether oxygens (including phenoxy) is 1. The first-order valence-electron chi connectivity index (χ1n) is 3.11. The molecule has 60 valence electrons. The van der Waals surface area contributed by atoms with E-state index in [1.807, 2.05) is 6.92 Å². The van der Waals surface area contributed by atoms with Gasteiger partial charge in [-0.05, 0) is 28.9 Å². The van der Waals surface area contributed by atoms with Gasteiger partial charge in [0.05, 0.1) is 12.8 Å². The molecule has 0 aliphatic carbocycles. The summed E-state index contributed by atoms with van der Waals surface area (Å²) in [4.78, 5) is 4.10. The Morgan fingerprint density at radius 2 is 2.27 bits per heavy atom. The van der Waals surface area contributed by atoms with Crippen molar-refractivity contribution in [2.45, 2.75) is 6.92 Å². The topological polar surface area (TPSA) is 48.1 Å². The van der Waals surface area contributed by atoms with E-state index >= 15 is 0 Å². The minimum atomic E-state index is 0.530. The Hall–Kier alpha value is -0.770. The third-order valence-electron chi connectivity index (χ3n) is 1.28. The number of nitrogens with two attached hydrogens (primary N) is 1. The summed E-state index contributed by atoms with van der Waals surface area (Å²) in [6.07, 6.45) is 0. The number of aryl methyl sites for hydroxylation is 1. The number of pyridine rings is 1. The Bertz CT molecular complexity index is 275. The average molecular weight is 217 g/mol. The lowest BCUT2D eigenvalue weighted by Crippen LogP contribution is -1.95. The van der Waals surface area contributed by atoms with Gasteiger partial charge in [0.1, 0.15) is 4.47 Å². The molecule has 0 aromatic carbocycles. The second kappa shape index (κ2) is 3.09. The molecule has 0 aliphatic rings. The Morgan fingerprint density at radius 3 is 2.82 bits per heavy atom. The quantitative estimate of drug-likeness (QED) is 0.779. The van der Waals surface area contributed by atoms with Crippen LogP contribution in [0.25, 0.3) is 0 Å². The first-order valence-corrected chi connectivity index (χ1v) is 3.91. The van der Waals surface area contributed by atoms with E-state index in [2.05, 4.69) is 20.9 Å². The molecule has 0 saturated carbocycles. The summed E-state index contributed by atoms with van der Waals surface area (Å²) in [5.74, 6) is 0.530. The van der Waals surface area contributed by atoms with Crippen LogP contribution in [0.5, 0.6) is 5.88 Å². The van der Waals surface area contributed by atoms with E-state index in [1.165, 1.54) is 0 Å². The van der Waals surface area contributed by atoms with Crippen LogP contribution in [0, 0.1) is 6.92 Å². The molecule has 0 amide bonds. The molecule has 1 heterocycles. The fraction of sp³-hybridized carbons (Fsp3) is 0.286. The highest BCUT2D eigenvalue weighted by atomic mass is 79.9. The molecule has 0 radical (unpaired) electrons. The van der Waals surface area contributed by atoms with Crippen molar-refractivity contribution >= 4 is 21.6 Å². The maximum absolute atomic E-state index is 5.63. The monoisotopic (exact) mass is 216 g/mol. The average Bonchev–Trinajstić information content (AvgIpc) is 1.96. The summed E-state index contributed by atoms with van der Waals surface area (Å²) >= 11 is 3.26. The van der Waals surface area contributed by atoms with Crippen LogP contribution in [0.2, 0.25) is 0 Å². The second-order valence-corrected chi connectivity index (χ2v) is 2.97. The van der Waals surface area contributed by atoms with Crippen molar-refractivity contribution in [3.8, 4) is 5.88 Å². The summed E-state index contributed by atoms with van der Waals surface area (Å²) in [6.45, 7) is 1.87. The maximum atomic E-state index is 5.63. The lowest BCUT2D eigenvalue weighted by Gasteiger charge is -2.05. The smallest absolute Gasteiger partial charge is 0.230 e. The van der Waals surface area contributed by atoms with Crippen LogP contribution in [0.15, 0.2) is 10.5 Å². The lowest BCUT2D eigenvalue weighted by atomic mass is 10.3. The van der Waals surface area contributed by atoms with Crippen LogP contribution in [0.1, 0.15) is 5.69 Å². The van der Waals surface area contributed by atoms with Gasteiger partial charge in [-0.3, -0.25) is 0 Å². The minimum absolute atomic E-state index is 0.530. The van der Waals surface area contributed by atoms with Gasteiger partial charge in [-0.25, -0.2) is 4.98 Å². The number of anilines is 1. The molecule has 4 heteroatoms. The molecule has 1 aromatic heterocycles. The molecular formula is C7H9BrN2O. The van der Waals surface area contributed by atoms with Crippen molar-refractivity contribution in [2.75, 3.05) is 12.8 Å². The summed E-state index contributed by atoms with van der Waals surface area (Å²) in [5, 5.41) is 0. The largest absolute Gasteiger partial charge is 0.480 e. The normalized spacial score (nSPS) is 9.73. The van der Waals surface area contributed by atoms with Gasteiger partial charge in [-0.1, -0.05) is 0 Å². The van der Waals surface area contributed by atoms with E-state index in [0.717, 1.165) is 5.69 Å². The zero-order valence-electron chi connectivity index (χ0n) is 6.39. The van der Waals surface area contributed by atoms with Gasteiger partial charge < -0.3 is 10.5 Å². The van der Waals surface area contributed by atoms with Crippen molar-refractivity contribution in [3.63, 3.8) is 0 Å². The van der Waals surface area contributed by atoms with Gasteiger partial charge in [0, 0.05) is 5.69 Å². The molecule has 0 bridgehead atoms. The van der Waals surface area contributed by atoms with Gasteiger partial charge in [0.15, 0.2) is 0 Å². The van der Waals surface area contributed by atoms with Crippen LogP contribution >= 0.6 is 15.9 Å². The van der Waals surface area contributed by atoms with Crippen LogP contribution in [-0.2, 0) is 0 Å². The highest BCUT2D eigenvalue weighted by molar-refractivity contribution is 9.10. The van der Waals surface area contributed by atoms with Gasteiger partial charge in [-0.15, -0.1) is 0 Å². The number of methoxy groups -OCH3 is 1. The Labute approximate surface area is 73.7 Å². The number of hydrogen-bond donors (Lipinski definition) is 1. The molecule has 3 nitrogen and oxygen atoms in total. The van der Waals surface area contributed by atoms with Crippen LogP contribution in [0.3, 0.4) is 0 Å². The van der Waals surface area contributed by atoms with Crippen molar-refractivity contribution in [2.24, 2.45) is 0 Å². The summed E-state index contributed by atoms with van der Waals surface area (Å²) in [6, 6.07) is 1.78. The van der Waals surface area contributed by atoms with Crippen molar-refractivity contribution in [1.82, 2.24) is 4.98 Å². The van der Waals surface area contributed by atoms with Crippen LogP contribution < -0.4 is 10.5 Å². The molecular weight excluding hydrogens is 208 g/mol. The molecule has 0 spiro atoms.